The number of benzene rings is 3. The summed E-state index contributed by atoms with van der Waals surface area (Å²) in [6, 6.07) is 22.0. The number of para-hydroxylation sites is 2. The number of halogens is 1. The van der Waals surface area contributed by atoms with Crippen molar-refractivity contribution in [2.45, 2.75) is 45.8 Å². The average molecular weight is 586 g/mol. The Bertz CT molecular complexity index is 1400. The molecule has 2 amide bonds. The second kappa shape index (κ2) is 14.2. The number of nitrogens with one attached hydrogen (secondary N) is 1. The molecule has 1 unspecified atom stereocenters. The quantitative estimate of drug-likeness (QED) is 0.314. The Hall–Kier alpha value is -3.56. The molecule has 10 heteroatoms. The first-order valence-corrected chi connectivity index (χ1v) is 15.3. The fourth-order valence-corrected chi connectivity index (χ4v) is 5.33. The number of carbonyl (C=O) groups is 2. The fourth-order valence-electron chi connectivity index (χ4n) is 4.28. The van der Waals surface area contributed by atoms with Crippen molar-refractivity contribution >= 4 is 39.1 Å². The third-order valence-electron chi connectivity index (χ3n) is 6.11. The Morgan fingerprint density at radius 2 is 1.57 bits per heavy atom. The van der Waals surface area contributed by atoms with Crippen LogP contribution in [0.4, 0.5) is 5.69 Å². The van der Waals surface area contributed by atoms with Gasteiger partial charge in [0.15, 0.2) is 0 Å². The zero-order valence-corrected chi connectivity index (χ0v) is 24.8. The monoisotopic (exact) mass is 585 g/mol. The van der Waals surface area contributed by atoms with Gasteiger partial charge in [0.1, 0.15) is 18.3 Å². The van der Waals surface area contributed by atoms with E-state index < -0.39 is 28.5 Å². The molecule has 40 heavy (non-hydrogen) atoms. The van der Waals surface area contributed by atoms with Crippen LogP contribution >= 0.6 is 11.6 Å². The minimum Gasteiger partial charge on any atom is -0.492 e. The predicted molar refractivity (Wildman–Crippen MR) is 159 cm³/mol. The smallest absolute Gasteiger partial charge is 0.244 e. The molecule has 3 rings (SSSR count). The highest BCUT2D eigenvalue weighted by Gasteiger charge is 2.34. The normalized spacial score (nSPS) is 12.1. The van der Waals surface area contributed by atoms with Crippen molar-refractivity contribution < 1.29 is 22.7 Å². The van der Waals surface area contributed by atoms with Crippen LogP contribution in [0.25, 0.3) is 0 Å². The van der Waals surface area contributed by atoms with E-state index >= 15 is 0 Å². The number of hydrogen-bond acceptors (Lipinski definition) is 5. The van der Waals surface area contributed by atoms with Crippen molar-refractivity contribution in [2.24, 2.45) is 0 Å². The van der Waals surface area contributed by atoms with E-state index in [9.17, 15) is 18.0 Å². The van der Waals surface area contributed by atoms with Gasteiger partial charge in [-0.25, -0.2) is 8.42 Å². The van der Waals surface area contributed by atoms with Gasteiger partial charge in [0.05, 0.1) is 18.6 Å². The molecule has 3 aromatic carbocycles. The molecule has 0 aromatic heterocycles. The average Bonchev–Trinajstić information content (AvgIpc) is 2.90. The number of nitrogens with zero attached hydrogens (tertiary/aromatic N) is 2. The molecule has 0 bridgehead atoms. The molecule has 0 saturated carbocycles. The Morgan fingerprint density at radius 1 is 0.950 bits per heavy atom. The highest BCUT2D eigenvalue weighted by molar-refractivity contribution is 7.92. The summed E-state index contributed by atoms with van der Waals surface area (Å²) in [6.07, 6.45) is 1.26. The molecule has 8 nitrogen and oxygen atoms in total. The van der Waals surface area contributed by atoms with Crippen molar-refractivity contribution in [3.63, 3.8) is 0 Å². The van der Waals surface area contributed by atoms with Crippen LogP contribution in [0.1, 0.15) is 31.9 Å². The number of amides is 2. The second-order valence-electron chi connectivity index (χ2n) is 9.65. The number of anilines is 1. The number of hydrogen-bond donors (Lipinski definition) is 1. The molecule has 0 spiro atoms. The first-order valence-electron chi connectivity index (χ1n) is 13.1. The van der Waals surface area contributed by atoms with Gasteiger partial charge in [0.2, 0.25) is 21.8 Å². The first-order chi connectivity index (χ1) is 19.0. The SMILES string of the molecule is CCOc1ccccc1N(CC(=O)N(Cc1ccccc1Cl)C(Cc1ccccc1)C(=O)NC(C)C)S(C)(=O)=O. The topological polar surface area (TPSA) is 96.0 Å². The van der Waals surface area contributed by atoms with Gasteiger partial charge in [-0.1, -0.05) is 72.3 Å². The summed E-state index contributed by atoms with van der Waals surface area (Å²) < 4.78 is 32.7. The van der Waals surface area contributed by atoms with Crippen LogP contribution in [0.2, 0.25) is 5.02 Å². The molecule has 0 fully saturated rings. The third-order valence-corrected chi connectivity index (χ3v) is 7.61. The van der Waals surface area contributed by atoms with Gasteiger partial charge in [-0.3, -0.25) is 13.9 Å². The number of carbonyl (C=O) groups excluding carboxylic acids is 2. The summed E-state index contributed by atoms with van der Waals surface area (Å²) in [7, 11) is -3.91. The van der Waals surface area contributed by atoms with Gasteiger partial charge < -0.3 is 15.0 Å². The number of ether oxygens (including phenoxy) is 1. The highest BCUT2D eigenvalue weighted by atomic mass is 35.5. The van der Waals surface area contributed by atoms with Crippen molar-refractivity contribution in [3.8, 4) is 5.75 Å². The van der Waals surface area contributed by atoms with Crippen LogP contribution in [0.3, 0.4) is 0 Å². The van der Waals surface area contributed by atoms with Gasteiger partial charge in [-0.2, -0.15) is 0 Å². The lowest BCUT2D eigenvalue weighted by Gasteiger charge is -2.34. The summed E-state index contributed by atoms with van der Waals surface area (Å²) in [5, 5.41) is 3.36. The largest absolute Gasteiger partial charge is 0.492 e. The van der Waals surface area contributed by atoms with Crippen molar-refractivity contribution in [1.82, 2.24) is 10.2 Å². The van der Waals surface area contributed by atoms with Crippen LogP contribution in [0.5, 0.6) is 5.75 Å². The summed E-state index contributed by atoms with van der Waals surface area (Å²) >= 11 is 6.47. The molecule has 0 aliphatic heterocycles. The van der Waals surface area contributed by atoms with Crippen LogP contribution in [0, 0.1) is 0 Å². The highest BCUT2D eigenvalue weighted by Crippen LogP contribution is 2.30. The van der Waals surface area contributed by atoms with Gasteiger partial charge >= 0.3 is 0 Å². The summed E-state index contributed by atoms with van der Waals surface area (Å²) in [4.78, 5) is 29.1. The zero-order chi connectivity index (χ0) is 29.3. The molecular weight excluding hydrogens is 550 g/mol. The van der Waals surface area contributed by atoms with E-state index in [0.29, 0.717) is 22.9 Å². The van der Waals surface area contributed by atoms with Crippen molar-refractivity contribution in [3.05, 3.63) is 95.0 Å². The van der Waals surface area contributed by atoms with Gasteiger partial charge in [-0.05, 0) is 50.1 Å². The van der Waals surface area contributed by atoms with Crippen LogP contribution in [0.15, 0.2) is 78.9 Å². The van der Waals surface area contributed by atoms with Gasteiger partial charge in [0.25, 0.3) is 0 Å². The minimum absolute atomic E-state index is 0.00618. The molecular formula is C30H36ClN3O5S. The second-order valence-corrected chi connectivity index (χ2v) is 12.0. The summed E-state index contributed by atoms with van der Waals surface area (Å²) in [5.74, 6) is -0.573. The number of rotatable bonds is 13. The van der Waals surface area contributed by atoms with Gasteiger partial charge in [-0.15, -0.1) is 0 Å². The maximum atomic E-state index is 14.1. The zero-order valence-electron chi connectivity index (χ0n) is 23.2. The lowest BCUT2D eigenvalue weighted by atomic mass is 10.0. The van der Waals surface area contributed by atoms with E-state index in [1.54, 1.807) is 55.5 Å². The summed E-state index contributed by atoms with van der Waals surface area (Å²) in [6.45, 7) is 5.26. The Labute approximate surface area is 241 Å². The van der Waals surface area contributed by atoms with E-state index in [2.05, 4.69) is 5.32 Å². The first kappa shape index (κ1) is 31.0. The number of sulfonamides is 1. The molecule has 1 atom stereocenters. The third kappa shape index (κ3) is 8.47. The van der Waals surface area contributed by atoms with Crippen LogP contribution in [-0.4, -0.2) is 56.6 Å². The van der Waals surface area contributed by atoms with Crippen LogP contribution in [-0.2, 0) is 32.6 Å². The predicted octanol–water partition coefficient (Wildman–Crippen LogP) is 4.67. The van der Waals surface area contributed by atoms with Gasteiger partial charge in [0, 0.05) is 24.0 Å². The summed E-state index contributed by atoms with van der Waals surface area (Å²) in [5.41, 5.74) is 1.72. The maximum absolute atomic E-state index is 14.1. The fraction of sp³-hybridized carbons (Fsp3) is 0.333. The molecule has 0 radical (unpaired) electrons. The maximum Gasteiger partial charge on any atom is 0.244 e. The molecule has 0 aliphatic rings. The molecule has 0 saturated heterocycles. The van der Waals surface area contributed by atoms with E-state index in [0.717, 1.165) is 16.1 Å². The standard InChI is InChI=1S/C30H36ClN3O5S/c1-5-39-28-18-12-11-17-26(28)34(40(4,37)38)21-29(35)33(20-24-15-9-10-16-25(24)31)27(30(36)32-22(2)3)19-23-13-7-6-8-14-23/h6-18,22,27H,5,19-21H2,1-4H3,(H,32,36). The molecule has 0 aliphatic carbocycles. The lowest BCUT2D eigenvalue weighted by molar-refractivity contribution is -0.140. The Morgan fingerprint density at radius 3 is 2.20 bits per heavy atom. The van der Waals surface area contributed by atoms with E-state index in [4.69, 9.17) is 16.3 Å². The minimum atomic E-state index is -3.91. The van der Waals surface area contributed by atoms with Crippen LogP contribution < -0.4 is 14.4 Å². The molecule has 0 heterocycles. The molecule has 1 N–H and O–H groups in total. The van der Waals surface area contributed by atoms with Crippen molar-refractivity contribution in [2.75, 3.05) is 23.7 Å². The van der Waals surface area contributed by atoms with E-state index in [1.807, 2.05) is 44.2 Å². The lowest BCUT2D eigenvalue weighted by Crippen LogP contribution is -2.54. The Balaban J connectivity index is 2.09. The van der Waals surface area contributed by atoms with E-state index in [1.165, 1.54) is 4.90 Å². The van der Waals surface area contributed by atoms with Crippen molar-refractivity contribution in [1.29, 1.82) is 0 Å². The molecule has 3 aromatic rings. The Kier molecular flexibility index (Phi) is 11.0. The molecule has 214 valence electrons. The van der Waals surface area contributed by atoms with E-state index in [-0.39, 0.29) is 30.6 Å².